The van der Waals surface area contributed by atoms with Crippen LogP contribution >= 0.6 is 0 Å². The summed E-state index contributed by atoms with van der Waals surface area (Å²) in [6.45, 7) is 2.03. The van der Waals surface area contributed by atoms with Crippen molar-refractivity contribution in [3.05, 3.63) is 52.3 Å². The predicted octanol–water partition coefficient (Wildman–Crippen LogP) is 2.33. The first-order valence-corrected chi connectivity index (χ1v) is 6.42. The first-order valence-electron chi connectivity index (χ1n) is 6.42. The maximum absolute atomic E-state index is 10.6. The maximum Gasteiger partial charge on any atom is 0.269 e. The molecule has 0 aliphatic heterocycles. The number of benzene rings is 1. The Labute approximate surface area is 116 Å². The molecule has 1 heterocycles. The van der Waals surface area contributed by atoms with E-state index in [2.05, 4.69) is 9.97 Å². The van der Waals surface area contributed by atoms with Gasteiger partial charge < -0.3 is 5.73 Å². The summed E-state index contributed by atoms with van der Waals surface area (Å²) in [5.74, 6) is 0.556. The van der Waals surface area contributed by atoms with Gasteiger partial charge in [-0.3, -0.25) is 10.1 Å². The maximum atomic E-state index is 10.6. The molecule has 0 fully saturated rings. The second-order valence-corrected chi connectivity index (χ2v) is 4.55. The highest BCUT2D eigenvalue weighted by Gasteiger charge is 2.08. The van der Waals surface area contributed by atoms with Crippen LogP contribution in [0.25, 0.3) is 11.4 Å². The molecular formula is C14H16N4O2. The second-order valence-electron chi connectivity index (χ2n) is 4.55. The quantitative estimate of drug-likeness (QED) is 0.665. The number of rotatable bonds is 5. The summed E-state index contributed by atoms with van der Waals surface area (Å²) >= 11 is 0. The molecule has 0 bridgehead atoms. The number of hydrogen-bond acceptors (Lipinski definition) is 5. The van der Waals surface area contributed by atoms with E-state index in [-0.39, 0.29) is 11.7 Å². The first kappa shape index (κ1) is 14.1. The first-order chi connectivity index (χ1) is 9.60. The standard InChI is InChI=1S/C14H16N4O2/c1-2-11(15)9-12-7-8-16-14(17-12)10-3-5-13(6-4-10)18(19)20/h3-8,11H,2,9,15H2,1H3. The average Bonchev–Trinajstić information content (AvgIpc) is 2.47. The van der Waals surface area contributed by atoms with Gasteiger partial charge in [0.1, 0.15) is 0 Å². The summed E-state index contributed by atoms with van der Waals surface area (Å²) in [6, 6.07) is 8.11. The average molecular weight is 272 g/mol. The molecule has 0 saturated heterocycles. The lowest BCUT2D eigenvalue weighted by atomic mass is 10.1. The minimum absolute atomic E-state index is 0.0536. The Hall–Kier alpha value is -2.34. The molecule has 0 amide bonds. The van der Waals surface area contributed by atoms with Crippen molar-refractivity contribution in [2.45, 2.75) is 25.8 Å². The minimum Gasteiger partial charge on any atom is -0.327 e. The highest BCUT2D eigenvalue weighted by Crippen LogP contribution is 2.19. The van der Waals surface area contributed by atoms with Crippen molar-refractivity contribution in [2.75, 3.05) is 0 Å². The molecule has 0 aliphatic carbocycles. The van der Waals surface area contributed by atoms with Crippen LogP contribution in [0.5, 0.6) is 0 Å². The number of non-ortho nitro benzene ring substituents is 1. The van der Waals surface area contributed by atoms with Gasteiger partial charge in [-0.1, -0.05) is 6.92 Å². The van der Waals surface area contributed by atoms with Crippen LogP contribution in [0, 0.1) is 10.1 Å². The zero-order valence-electron chi connectivity index (χ0n) is 11.2. The smallest absolute Gasteiger partial charge is 0.269 e. The Morgan fingerprint density at radius 1 is 1.30 bits per heavy atom. The Morgan fingerprint density at radius 2 is 2.00 bits per heavy atom. The molecule has 6 heteroatoms. The van der Waals surface area contributed by atoms with E-state index in [4.69, 9.17) is 5.73 Å². The largest absolute Gasteiger partial charge is 0.327 e. The van der Waals surface area contributed by atoms with Gasteiger partial charge in [-0.25, -0.2) is 9.97 Å². The molecule has 0 radical (unpaired) electrons. The summed E-state index contributed by atoms with van der Waals surface area (Å²) in [5.41, 5.74) is 7.59. The zero-order valence-corrected chi connectivity index (χ0v) is 11.2. The molecule has 0 saturated carbocycles. The number of hydrogen-bond donors (Lipinski definition) is 1. The van der Waals surface area contributed by atoms with Gasteiger partial charge in [-0.15, -0.1) is 0 Å². The molecule has 0 spiro atoms. The third kappa shape index (κ3) is 3.36. The van der Waals surface area contributed by atoms with Crippen molar-refractivity contribution >= 4 is 5.69 Å². The van der Waals surface area contributed by atoms with Crippen molar-refractivity contribution in [3.63, 3.8) is 0 Å². The molecule has 2 rings (SSSR count). The molecule has 20 heavy (non-hydrogen) atoms. The highest BCUT2D eigenvalue weighted by atomic mass is 16.6. The summed E-state index contributed by atoms with van der Waals surface area (Å²) in [7, 11) is 0. The lowest BCUT2D eigenvalue weighted by Gasteiger charge is -2.08. The van der Waals surface area contributed by atoms with Gasteiger partial charge in [0, 0.05) is 42.0 Å². The SMILES string of the molecule is CCC(N)Cc1ccnc(-c2ccc([N+](=O)[O-])cc2)n1. The highest BCUT2D eigenvalue weighted by molar-refractivity contribution is 5.57. The molecule has 1 aromatic carbocycles. The van der Waals surface area contributed by atoms with Gasteiger partial charge in [-0.05, 0) is 24.6 Å². The van der Waals surface area contributed by atoms with Gasteiger partial charge in [0.15, 0.2) is 5.82 Å². The van der Waals surface area contributed by atoms with Crippen molar-refractivity contribution in [2.24, 2.45) is 5.73 Å². The number of nitro groups is 1. The van der Waals surface area contributed by atoms with E-state index < -0.39 is 4.92 Å². The molecule has 1 aromatic heterocycles. The molecule has 6 nitrogen and oxygen atoms in total. The summed E-state index contributed by atoms with van der Waals surface area (Å²) in [6.07, 6.45) is 3.26. The lowest BCUT2D eigenvalue weighted by molar-refractivity contribution is -0.384. The van der Waals surface area contributed by atoms with Gasteiger partial charge in [0.2, 0.25) is 0 Å². The van der Waals surface area contributed by atoms with Crippen LogP contribution in [0.3, 0.4) is 0 Å². The van der Waals surface area contributed by atoms with Gasteiger partial charge >= 0.3 is 0 Å². The van der Waals surface area contributed by atoms with Crippen LogP contribution in [-0.4, -0.2) is 20.9 Å². The molecule has 2 aromatic rings. The fraction of sp³-hybridized carbons (Fsp3) is 0.286. The Bertz CT molecular complexity index is 598. The molecule has 1 unspecified atom stereocenters. The third-order valence-electron chi connectivity index (χ3n) is 3.05. The number of nitrogens with two attached hydrogens (primary N) is 1. The number of aromatic nitrogens is 2. The minimum atomic E-state index is -0.429. The van der Waals surface area contributed by atoms with Crippen molar-refractivity contribution in [3.8, 4) is 11.4 Å². The second kappa shape index (κ2) is 6.21. The van der Waals surface area contributed by atoms with Crippen LogP contribution in [-0.2, 0) is 6.42 Å². The number of nitrogens with zero attached hydrogens (tertiary/aromatic N) is 3. The topological polar surface area (TPSA) is 94.9 Å². The van der Waals surface area contributed by atoms with E-state index in [1.165, 1.54) is 12.1 Å². The summed E-state index contributed by atoms with van der Waals surface area (Å²) in [4.78, 5) is 18.8. The third-order valence-corrected chi connectivity index (χ3v) is 3.05. The van der Waals surface area contributed by atoms with Crippen LogP contribution in [0.15, 0.2) is 36.5 Å². The van der Waals surface area contributed by atoms with Gasteiger partial charge in [-0.2, -0.15) is 0 Å². The number of nitro benzene ring substituents is 1. The monoisotopic (exact) mass is 272 g/mol. The van der Waals surface area contributed by atoms with E-state index >= 15 is 0 Å². The molecule has 0 aliphatic rings. The van der Waals surface area contributed by atoms with Gasteiger partial charge in [0.05, 0.1) is 4.92 Å². The molecular weight excluding hydrogens is 256 g/mol. The summed E-state index contributed by atoms with van der Waals surface area (Å²) < 4.78 is 0. The van der Waals surface area contributed by atoms with Crippen LogP contribution in [0.1, 0.15) is 19.0 Å². The Kier molecular flexibility index (Phi) is 4.37. The summed E-state index contributed by atoms with van der Waals surface area (Å²) in [5, 5.41) is 10.6. The van der Waals surface area contributed by atoms with Gasteiger partial charge in [0.25, 0.3) is 5.69 Å². The van der Waals surface area contributed by atoms with E-state index in [0.29, 0.717) is 12.2 Å². The van der Waals surface area contributed by atoms with E-state index in [1.54, 1.807) is 18.3 Å². The van der Waals surface area contributed by atoms with Crippen molar-refractivity contribution in [1.29, 1.82) is 0 Å². The van der Waals surface area contributed by atoms with E-state index in [9.17, 15) is 10.1 Å². The van der Waals surface area contributed by atoms with E-state index in [0.717, 1.165) is 17.7 Å². The Morgan fingerprint density at radius 3 is 2.60 bits per heavy atom. The molecule has 1 atom stereocenters. The van der Waals surface area contributed by atoms with Crippen LogP contribution in [0.2, 0.25) is 0 Å². The Balaban J connectivity index is 2.24. The molecule has 2 N–H and O–H groups in total. The van der Waals surface area contributed by atoms with E-state index in [1.807, 2.05) is 13.0 Å². The van der Waals surface area contributed by atoms with Crippen LogP contribution < -0.4 is 5.73 Å². The van der Waals surface area contributed by atoms with Crippen LogP contribution in [0.4, 0.5) is 5.69 Å². The predicted molar refractivity (Wildman–Crippen MR) is 76.1 cm³/mol. The lowest BCUT2D eigenvalue weighted by Crippen LogP contribution is -2.22. The fourth-order valence-electron chi connectivity index (χ4n) is 1.79. The van der Waals surface area contributed by atoms with Crippen molar-refractivity contribution in [1.82, 2.24) is 9.97 Å². The fourth-order valence-corrected chi connectivity index (χ4v) is 1.79. The molecule has 104 valence electrons. The normalized spacial score (nSPS) is 12.1. The van der Waals surface area contributed by atoms with Crippen molar-refractivity contribution < 1.29 is 4.92 Å². The zero-order chi connectivity index (χ0) is 14.5.